The molecule has 0 saturated carbocycles. The zero-order valence-electron chi connectivity index (χ0n) is 9.19. The molecule has 0 aromatic heterocycles. The summed E-state index contributed by atoms with van der Waals surface area (Å²) in [4.78, 5) is 23.1. The zero-order valence-corrected chi connectivity index (χ0v) is 9.19. The molecule has 15 heavy (non-hydrogen) atoms. The summed E-state index contributed by atoms with van der Waals surface area (Å²) in [6.45, 7) is 2.28. The van der Waals surface area contributed by atoms with Crippen molar-refractivity contribution in [3.63, 3.8) is 0 Å². The third-order valence-electron chi connectivity index (χ3n) is 2.24. The van der Waals surface area contributed by atoms with Crippen molar-refractivity contribution < 1.29 is 14.7 Å². The average molecular weight is 217 g/mol. The Morgan fingerprint density at radius 1 is 1.53 bits per heavy atom. The summed E-state index contributed by atoms with van der Waals surface area (Å²) in [6, 6.07) is -0.0135. The van der Waals surface area contributed by atoms with Gasteiger partial charge in [-0.25, -0.2) is 0 Å². The summed E-state index contributed by atoms with van der Waals surface area (Å²) in [6.07, 6.45) is 0.759. The second-order valence-electron chi connectivity index (χ2n) is 3.30. The summed E-state index contributed by atoms with van der Waals surface area (Å²) in [5.41, 5.74) is 5.24. The van der Waals surface area contributed by atoms with E-state index in [4.69, 9.17) is 10.8 Å². The molecule has 0 unspecified atom stereocenters. The van der Waals surface area contributed by atoms with Gasteiger partial charge in [-0.2, -0.15) is 0 Å². The van der Waals surface area contributed by atoms with E-state index in [-0.39, 0.29) is 25.0 Å². The fraction of sp³-hybridized carbons (Fsp3) is 0.778. The number of nitrogens with one attached hydrogen (secondary N) is 1. The molecule has 0 spiro atoms. The van der Waals surface area contributed by atoms with E-state index in [0.29, 0.717) is 6.54 Å². The van der Waals surface area contributed by atoms with E-state index in [1.165, 1.54) is 0 Å². The zero-order chi connectivity index (χ0) is 11.8. The fourth-order valence-electron chi connectivity index (χ4n) is 1.25. The van der Waals surface area contributed by atoms with Crippen LogP contribution in [0.15, 0.2) is 0 Å². The van der Waals surface area contributed by atoms with Gasteiger partial charge in [0.15, 0.2) is 0 Å². The van der Waals surface area contributed by atoms with Gasteiger partial charge in [0.1, 0.15) is 0 Å². The molecular weight excluding hydrogens is 198 g/mol. The van der Waals surface area contributed by atoms with E-state index < -0.39 is 5.97 Å². The summed E-state index contributed by atoms with van der Waals surface area (Å²) < 4.78 is 0. The Hall–Kier alpha value is -1.14. The summed E-state index contributed by atoms with van der Waals surface area (Å²) >= 11 is 0. The molecule has 88 valence electrons. The third-order valence-corrected chi connectivity index (χ3v) is 2.24. The van der Waals surface area contributed by atoms with Gasteiger partial charge in [0.05, 0.1) is 13.1 Å². The van der Waals surface area contributed by atoms with E-state index in [9.17, 15) is 9.59 Å². The molecule has 0 saturated heterocycles. The van der Waals surface area contributed by atoms with Crippen molar-refractivity contribution in [2.24, 2.45) is 5.73 Å². The van der Waals surface area contributed by atoms with Crippen LogP contribution in [-0.4, -0.2) is 54.6 Å². The van der Waals surface area contributed by atoms with Crippen molar-refractivity contribution in [1.82, 2.24) is 10.2 Å². The number of carbonyl (C=O) groups is 2. The van der Waals surface area contributed by atoms with Crippen LogP contribution < -0.4 is 11.1 Å². The maximum absolute atomic E-state index is 11.3. The van der Waals surface area contributed by atoms with Gasteiger partial charge in [0.25, 0.3) is 0 Å². The first-order valence-corrected chi connectivity index (χ1v) is 4.91. The van der Waals surface area contributed by atoms with Crippen LogP contribution in [0, 0.1) is 0 Å². The number of rotatable bonds is 7. The first kappa shape index (κ1) is 13.9. The van der Waals surface area contributed by atoms with Crippen molar-refractivity contribution in [3.8, 4) is 0 Å². The molecule has 0 heterocycles. The van der Waals surface area contributed by atoms with Gasteiger partial charge in [-0.05, 0) is 6.42 Å². The smallest absolute Gasteiger partial charge is 0.317 e. The first-order chi connectivity index (χ1) is 7.02. The number of carboxylic acid groups (broad SMARTS) is 1. The number of carbonyl (C=O) groups excluding carboxylic acids is 1. The second kappa shape index (κ2) is 7.19. The number of nitrogens with zero attached hydrogens (tertiary/aromatic N) is 1. The third kappa shape index (κ3) is 5.34. The van der Waals surface area contributed by atoms with Gasteiger partial charge in [-0.3, -0.25) is 9.59 Å². The quantitative estimate of drug-likeness (QED) is 0.501. The first-order valence-electron chi connectivity index (χ1n) is 4.91. The average Bonchev–Trinajstić information content (AvgIpc) is 2.22. The monoisotopic (exact) mass is 217 g/mol. The Balaban J connectivity index is 4.01. The van der Waals surface area contributed by atoms with Crippen molar-refractivity contribution in [2.45, 2.75) is 19.4 Å². The van der Waals surface area contributed by atoms with Crippen LogP contribution in [0.4, 0.5) is 0 Å². The minimum Gasteiger partial charge on any atom is -0.480 e. The van der Waals surface area contributed by atoms with Crippen LogP contribution in [0.2, 0.25) is 0 Å². The number of nitrogens with two attached hydrogens (primary N) is 1. The molecule has 0 aromatic carbocycles. The van der Waals surface area contributed by atoms with Crippen LogP contribution in [0.3, 0.4) is 0 Å². The van der Waals surface area contributed by atoms with E-state index in [2.05, 4.69) is 5.32 Å². The molecule has 0 bridgehead atoms. The Labute approximate surface area is 89.4 Å². The number of aliphatic carboxylic acids is 1. The Bertz CT molecular complexity index is 221. The molecule has 6 heteroatoms. The van der Waals surface area contributed by atoms with Crippen LogP contribution in [0.1, 0.15) is 13.3 Å². The normalized spacial score (nSPS) is 12.2. The molecule has 4 N–H and O–H groups in total. The van der Waals surface area contributed by atoms with Crippen LogP contribution in [0.25, 0.3) is 0 Å². The Kier molecular flexibility index (Phi) is 6.64. The van der Waals surface area contributed by atoms with Gasteiger partial charge in [0.2, 0.25) is 5.91 Å². The van der Waals surface area contributed by atoms with Crippen LogP contribution in [0.5, 0.6) is 0 Å². The minimum atomic E-state index is -0.905. The SMILES string of the molecule is CC[C@@H](CNCC(=O)O)N(C)C(=O)CN. The molecule has 0 rings (SSSR count). The van der Waals surface area contributed by atoms with Gasteiger partial charge in [-0.15, -0.1) is 0 Å². The molecule has 0 fully saturated rings. The molecule has 1 atom stereocenters. The highest BCUT2D eigenvalue weighted by Gasteiger charge is 2.16. The van der Waals surface area contributed by atoms with Gasteiger partial charge in [0, 0.05) is 19.6 Å². The van der Waals surface area contributed by atoms with Crippen molar-refractivity contribution in [1.29, 1.82) is 0 Å². The molecule has 0 aliphatic carbocycles. The summed E-state index contributed by atoms with van der Waals surface area (Å²) in [7, 11) is 1.67. The molecule has 0 aliphatic heterocycles. The molecule has 0 aliphatic rings. The maximum atomic E-state index is 11.3. The van der Waals surface area contributed by atoms with Gasteiger partial charge < -0.3 is 21.1 Å². The lowest BCUT2D eigenvalue weighted by Crippen LogP contribution is -2.46. The van der Waals surface area contributed by atoms with E-state index >= 15 is 0 Å². The predicted molar refractivity (Wildman–Crippen MR) is 56.4 cm³/mol. The molecule has 1 amide bonds. The largest absolute Gasteiger partial charge is 0.480 e. The fourth-order valence-corrected chi connectivity index (χ4v) is 1.25. The van der Waals surface area contributed by atoms with Crippen molar-refractivity contribution in [2.75, 3.05) is 26.7 Å². The van der Waals surface area contributed by atoms with Crippen LogP contribution in [-0.2, 0) is 9.59 Å². The second-order valence-corrected chi connectivity index (χ2v) is 3.30. The highest BCUT2D eigenvalue weighted by atomic mass is 16.4. The molecule has 6 nitrogen and oxygen atoms in total. The molecule has 0 radical (unpaired) electrons. The number of likely N-dealkylation sites (N-methyl/N-ethyl adjacent to an activating group) is 1. The summed E-state index contributed by atoms with van der Waals surface area (Å²) in [5.74, 6) is -1.04. The van der Waals surface area contributed by atoms with Crippen molar-refractivity contribution in [3.05, 3.63) is 0 Å². The summed E-state index contributed by atoms with van der Waals surface area (Å²) in [5, 5.41) is 11.2. The van der Waals surface area contributed by atoms with Crippen molar-refractivity contribution >= 4 is 11.9 Å². The lowest BCUT2D eigenvalue weighted by molar-refractivity contribution is -0.136. The number of hydrogen-bond donors (Lipinski definition) is 3. The van der Waals surface area contributed by atoms with Gasteiger partial charge >= 0.3 is 5.97 Å². The van der Waals surface area contributed by atoms with E-state index in [0.717, 1.165) is 6.42 Å². The number of hydrogen-bond acceptors (Lipinski definition) is 4. The Morgan fingerprint density at radius 3 is 2.53 bits per heavy atom. The highest BCUT2D eigenvalue weighted by molar-refractivity contribution is 5.78. The highest BCUT2D eigenvalue weighted by Crippen LogP contribution is 2.00. The molecular formula is C9H19N3O3. The lowest BCUT2D eigenvalue weighted by atomic mass is 10.2. The standard InChI is InChI=1S/C9H19N3O3/c1-3-7(5-11-6-9(14)15)12(2)8(13)4-10/h7,11H,3-6,10H2,1-2H3,(H,14,15)/t7-/m0/s1. The predicted octanol–water partition coefficient (Wildman–Crippen LogP) is -1.14. The molecule has 0 aromatic rings. The van der Waals surface area contributed by atoms with E-state index in [1.807, 2.05) is 6.92 Å². The lowest BCUT2D eigenvalue weighted by Gasteiger charge is -2.27. The minimum absolute atomic E-state index is 0.0135. The van der Waals surface area contributed by atoms with Gasteiger partial charge in [-0.1, -0.05) is 6.92 Å². The Morgan fingerprint density at radius 2 is 2.13 bits per heavy atom. The number of carboxylic acids is 1. The number of amides is 1. The maximum Gasteiger partial charge on any atom is 0.317 e. The van der Waals surface area contributed by atoms with Crippen LogP contribution >= 0.6 is 0 Å². The topological polar surface area (TPSA) is 95.7 Å². The van der Waals surface area contributed by atoms with E-state index in [1.54, 1.807) is 11.9 Å².